The molecule has 1 heterocycles. The summed E-state index contributed by atoms with van der Waals surface area (Å²) in [6, 6.07) is 5.83. The summed E-state index contributed by atoms with van der Waals surface area (Å²) in [7, 11) is 1.48. The van der Waals surface area contributed by atoms with Crippen molar-refractivity contribution in [1.29, 1.82) is 0 Å². The molecule has 0 amide bonds. The average molecular weight is 404 g/mol. The third kappa shape index (κ3) is 5.00. The van der Waals surface area contributed by atoms with E-state index in [1.165, 1.54) is 25.3 Å². The summed E-state index contributed by atoms with van der Waals surface area (Å²) in [6.07, 6.45) is 0. The molecule has 1 atom stereocenters. The van der Waals surface area contributed by atoms with Crippen LogP contribution in [0.15, 0.2) is 46.8 Å². The quantitative estimate of drug-likeness (QED) is 0.304. The molecule has 9 nitrogen and oxygen atoms in total. The van der Waals surface area contributed by atoms with E-state index >= 15 is 0 Å². The van der Waals surface area contributed by atoms with Crippen molar-refractivity contribution in [1.82, 2.24) is 5.32 Å². The second-order valence-corrected chi connectivity index (χ2v) is 6.34. The van der Waals surface area contributed by atoms with Gasteiger partial charge >= 0.3 is 11.9 Å². The number of nitrogens with zero attached hydrogens (tertiary/aromatic N) is 1. The van der Waals surface area contributed by atoms with Gasteiger partial charge < -0.3 is 19.5 Å². The van der Waals surface area contributed by atoms with Gasteiger partial charge in [-0.05, 0) is 26.3 Å². The number of carbonyl (C=O) groups excluding carboxylic acids is 2. The smallest absolute Gasteiger partial charge is 0.336 e. The Labute approximate surface area is 168 Å². The van der Waals surface area contributed by atoms with Crippen LogP contribution in [0, 0.1) is 10.1 Å². The molecule has 0 radical (unpaired) electrons. The molecule has 0 aliphatic carbocycles. The van der Waals surface area contributed by atoms with E-state index in [9.17, 15) is 19.7 Å². The third-order valence-electron chi connectivity index (χ3n) is 4.41. The van der Waals surface area contributed by atoms with Crippen molar-refractivity contribution < 1.29 is 28.7 Å². The largest absolute Gasteiger partial charge is 0.463 e. The highest BCUT2D eigenvalue weighted by atomic mass is 16.6. The van der Waals surface area contributed by atoms with Gasteiger partial charge in [-0.15, -0.1) is 0 Å². The minimum atomic E-state index is -0.870. The van der Waals surface area contributed by atoms with Crippen molar-refractivity contribution in [3.8, 4) is 0 Å². The number of nitro benzene ring substituents is 1. The van der Waals surface area contributed by atoms with Crippen LogP contribution < -0.4 is 5.32 Å². The number of dihydropyridines is 1. The molecule has 2 rings (SSSR count). The maximum Gasteiger partial charge on any atom is 0.336 e. The van der Waals surface area contributed by atoms with Gasteiger partial charge in [-0.25, -0.2) is 9.59 Å². The van der Waals surface area contributed by atoms with E-state index in [0.29, 0.717) is 17.0 Å². The van der Waals surface area contributed by atoms with E-state index in [4.69, 9.17) is 14.2 Å². The molecule has 1 aromatic carbocycles. The summed E-state index contributed by atoms with van der Waals surface area (Å²) in [5, 5.41) is 14.3. The van der Waals surface area contributed by atoms with E-state index in [2.05, 4.69) is 5.32 Å². The van der Waals surface area contributed by atoms with Gasteiger partial charge in [0.15, 0.2) is 0 Å². The molecule has 1 N–H and O–H groups in total. The Morgan fingerprint density at radius 2 is 1.72 bits per heavy atom. The lowest BCUT2D eigenvalue weighted by Crippen LogP contribution is -2.32. The molecule has 1 aliphatic rings. The number of hydrogen-bond donors (Lipinski definition) is 1. The van der Waals surface area contributed by atoms with Crippen molar-refractivity contribution in [2.75, 3.05) is 26.9 Å². The zero-order valence-electron chi connectivity index (χ0n) is 16.8. The van der Waals surface area contributed by atoms with Gasteiger partial charge in [0.05, 0.1) is 35.2 Å². The minimum Gasteiger partial charge on any atom is -0.463 e. The fourth-order valence-corrected chi connectivity index (χ4v) is 3.19. The number of esters is 2. The van der Waals surface area contributed by atoms with Crippen LogP contribution in [-0.4, -0.2) is 43.8 Å². The molecule has 29 heavy (non-hydrogen) atoms. The Kier molecular flexibility index (Phi) is 7.49. The predicted molar refractivity (Wildman–Crippen MR) is 104 cm³/mol. The maximum atomic E-state index is 12.8. The second kappa shape index (κ2) is 9.83. The van der Waals surface area contributed by atoms with Gasteiger partial charge in [0.25, 0.3) is 5.69 Å². The number of allylic oxidation sites excluding steroid dienone is 2. The molecule has 156 valence electrons. The normalized spacial score (nSPS) is 16.3. The van der Waals surface area contributed by atoms with Crippen molar-refractivity contribution in [2.24, 2.45) is 0 Å². The molecule has 0 fully saturated rings. The molecule has 1 aromatic rings. The first-order valence-corrected chi connectivity index (χ1v) is 9.07. The van der Waals surface area contributed by atoms with Crippen molar-refractivity contribution in [3.63, 3.8) is 0 Å². The lowest BCUT2D eigenvalue weighted by Gasteiger charge is -2.30. The van der Waals surface area contributed by atoms with E-state index in [-0.39, 0.29) is 36.7 Å². The van der Waals surface area contributed by atoms with Crippen LogP contribution in [0.5, 0.6) is 0 Å². The fraction of sp³-hybridized carbons (Fsp3) is 0.400. The molecular formula is C20H24N2O7. The van der Waals surface area contributed by atoms with E-state index < -0.39 is 22.8 Å². The van der Waals surface area contributed by atoms with Crippen molar-refractivity contribution in [2.45, 2.75) is 26.7 Å². The zero-order valence-corrected chi connectivity index (χ0v) is 16.8. The molecule has 0 saturated carbocycles. The van der Waals surface area contributed by atoms with Crippen LogP contribution in [0.2, 0.25) is 0 Å². The summed E-state index contributed by atoms with van der Waals surface area (Å²) < 4.78 is 15.4. The monoisotopic (exact) mass is 404 g/mol. The number of hydrogen-bond acceptors (Lipinski definition) is 8. The Morgan fingerprint density at radius 3 is 2.28 bits per heavy atom. The Hall–Kier alpha value is -3.20. The van der Waals surface area contributed by atoms with E-state index in [0.717, 1.165) is 0 Å². The fourth-order valence-electron chi connectivity index (χ4n) is 3.19. The summed E-state index contributed by atoms with van der Waals surface area (Å²) in [4.78, 5) is 36.2. The number of nitrogens with one attached hydrogen (secondary N) is 1. The third-order valence-corrected chi connectivity index (χ3v) is 4.41. The number of ether oxygens (including phenoxy) is 3. The Bertz CT molecular complexity index is 873. The highest BCUT2D eigenvalue weighted by molar-refractivity contribution is 5.99. The lowest BCUT2D eigenvalue weighted by atomic mass is 9.80. The van der Waals surface area contributed by atoms with Gasteiger partial charge in [0.2, 0.25) is 0 Å². The molecule has 0 unspecified atom stereocenters. The van der Waals surface area contributed by atoms with Crippen LogP contribution in [0.4, 0.5) is 5.69 Å². The number of benzene rings is 1. The summed E-state index contributed by atoms with van der Waals surface area (Å²) in [6.45, 7) is 5.44. The van der Waals surface area contributed by atoms with E-state index in [1.54, 1.807) is 26.8 Å². The van der Waals surface area contributed by atoms with Gasteiger partial charge in [-0.3, -0.25) is 10.1 Å². The number of carbonyl (C=O) groups is 2. The number of methoxy groups -OCH3 is 1. The standard InChI is InChI=1S/C20H24N2O7/c1-5-28-19(23)16-12(2)21-13(3)17(20(24)29-10-9-27-4)18(16)14-7-6-8-15(11-14)22(25)26/h6-8,11,18,21H,5,9-10H2,1-4H3/t18-/m0/s1. The van der Waals surface area contributed by atoms with Crippen LogP contribution in [-0.2, 0) is 23.8 Å². The van der Waals surface area contributed by atoms with E-state index in [1.807, 2.05) is 0 Å². The molecular weight excluding hydrogens is 380 g/mol. The predicted octanol–water partition coefficient (Wildman–Crippen LogP) is 2.58. The maximum absolute atomic E-state index is 12.8. The lowest BCUT2D eigenvalue weighted by molar-refractivity contribution is -0.384. The van der Waals surface area contributed by atoms with Gasteiger partial charge in [-0.1, -0.05) is 12.1 Å². The topological polar surface area (TPSA) is 117 Å². The van der Waals surface area contributed by atoms with Gasteiger partial charge in [0.1, 0.15) is 6.61 Å². The second-order valence-electron chi connectivity index (χ2n) is 6.34. The van der Waals surface area contributed by atoms with Crippen LogP contribution in [0.1, 0.15) is 32.3 Å². The van der Waals surface area contributed by atoms with Gasteiger partial charge in [0, 0.05) is 30.6 Å². The Balaban J connectivity index is 2.59. The minimum absolute atomic E-state index is 0.0329. The molecule has 1 aliphatic heterocycles. The molecule has 0 spiro atoms. The molecule has 0 saturated heterocycles. The number of nitro groups is 1. The van der Waals surface area contributed by atoms with Crippen LogP contribution >= 0.6 is 0 Å². The number of non-ortho nitro benzene ring substituents is 1. The molecule has 0 aromatic heterocycles. The van der Waals surface area contributed by atoms with Crippen molar-refractivity contribution >= 4 is 17.6 Å². The van der Waals surface area contributed by atoms with Gasteiger partial charge in [-0.2, -0.15) is 0 Å². The van der Waals surface area contributed by atoms with Crippen molar-refractivity contribution in [3.05, 3.63) is 62.5 Å². The molecule has 9 heteroatoms. The highest BCUT2D eigenvalue weighted by Crippen LogP contribution is 2.40. The summed E-state index contributed by atoms with van der Waals surface area (Å²) in [5.41, 5.74) is 1.67. The average Bonchev–Trinajstić information content (AvgIpc) is 2.67. The first kappa shape index (κ1) is 22.1. The SMILES string of the molecule is CCOC(=O)C1=C(C)NC(C)=C(C(=O)OCCOC)[C@H]1c1cccc([N+](=O)[O-])c1. The zero-order chi connectivity index (χ0) is 21.6. The van der Waals surface area contributed by atoms with Crippen LogP contribution in [0.3, 0.4) is 0 Å². The molecule has 0 bridgehead atoms. The summed E-state index contributed by atoms with van der Waals surface area (Å²) in [5.74, 6) is -2.12. The highest BCUT2D eigenvalue weighted by Gasteiger charge is 2.38. The number of rotatable bonds is 8. The first-order valence-electron chi connectivity index (χ1n) is 9.07. The Morgan fingerprint density at radius 1 is 1.10 bits per heavy atom. The van der Waals surface area contributed by atoms with Crippen LogP contribution in [0.25, 0.3) is 0 Å². The first-order chi connectivity index (χ1) is 13.8. The summed E-state index contributed by atoms with van der Waals surface area (Å²) >= 11 is 0.